The average molecular weight is 246 g/mol. The first-order valence-electron chi connectivity index (χ1n) is 5.97. The van der Waals surface area contributed by atoms with Gasteiger partial charge in [0, 0.05) is 6.61 Å². The molecule has 0 saturated heterocycles. The van der Waals surface area contributed by atoms with Crippen molar-refractivity contribution in [1.82, 2.24) is 19.5 Å². The Morgan fingerprint density at radius 1 is 1.50 bits per heavy atom. The molecular weight excluding hydrogens is 232 g/mol. The Balaban J connectivity index is 2.05. The van der Waals surface area contributed by atoms with Crippen molar-refractivity contribution in [1.29, 1.82) is 0 Å². The summed E-state index contributed by atoms with van der Waals surface area (Å²) in [6.07, 6.45) is 8.91. The number of aliphatic hydroxyl groups is 1. The van der Waals surface area contributed by atoms with Crippen LogP contribution >= 0.6 is 0 Å². The van der Waals surface area contributed by atoms with E-state index < -0.39 is 0 Å². The second-order valence-electron chi connectivity index (χ2n) is 4.57. The van der Waals surface area contributed by atoms with Gasteiger partial charge in [0.2, 0.25) is 0 Å². The van der Waals surface area contributed by atoms with Crippen LogP contribution in [0.3, 0.4) is 0 Å². The minimum atomic E-state index is -0.225. The van der Waals surface area contributed by atoms with Gasteiger partial charge in [0.25, 0.3) is 5.56 Å². The Labute approximate surface area is 103 Å². The third-order valence-corrected chi connectivity index (χ3v) is 3.38. The van der Waals surface area contributed by atoms with E-state index in [9.17, 15) is 9.90 Å². The molecule has 0 saturated carbocycles. The monoisotopic (exact) mass is 246 g/mol. The molecule has 0 aliphatic heterocycles. The summed E-state index contributed by atoms with van der Waals surface area (Å²) in [5.74, 6) is 0.263. The third-order valence-electron chi connectivity index (χ3n) is 3.38. The van der Waals surface area contributed by atoms with Gasteiger partial charge in [-0.15, -0.1) is 0 Å². The first-order chi connectivity index (χ1) is 8.79. The van der Waals surface area contributed by atoms with Crippen LogP contribution in [0.5, 0.6) is 0 Å². The number of H-pyrrole nitrogens is 1. The quantitative estimate of drug-likeness (QED) is 0.761. The highest BCUT2D eigenvalue weighted by Gasteiger charge is 2.21. The zero-order valence-electron chi connectivity index (χ0n) is 9.78. The second kappa shape index (κ2) is 4.38. The van der Waals surface area contributed by atoms with Crippen molar-refractivity contribution in [3.8, 4) is 0 Å². The van der Waals surface area contributed by atoms with E-state index in [0.29, 0.717) is 11.2 Å². The lowest BCUT2D eigenvalue weighted by Crippen LogP contribution is -2.18. The van der Waals surface area contributed by atoms with Crippen LogP contribution in [0.1, 0.15) is 18.9 Å². The van der Waals surface area contributed by atoms with Gasteiger partial charge in [-0.3, -0.25) is 4.79 Å². The normalized spacial score (nSPS) is 23.6. The lowest BCUT2D eigenvalue weighted by atomic mass is 9.91. The van der Waals surface area contributed by atoms with Crippen molar-refractivity contribution >= 4 is 11.2 Å². The zero-order valence-corrected chi connectivity index (χ0v) is 9.78. The Morgan fingerprint density at radius 2 is 2.39 bits per heavy atom. The molecular formula is C12H14N4O2. The van der Waals surface area contributed by atoms with E-state index >= 15 is 0 Å². The molecule has 1 aliphatic rings. The maximum atomic E-state index is 11.6. The molecule has 2 aromatic rings. The number of aliphatic hydroxyl groups excluding tert-OH is 1. The molecule has 6 heteroatoms. The molecule has 2 aromatic heterocycles. The van der Waals surface area contributed by atoms with Gasteiger partial charge in [-0.05, 0) is 18.8 Å². The number of rotatable bonds is 2. The Morgan fingerprint density at radius 3 is 3.22 bits per heavy atom. The standard InChI is InChI=1S/C12H14N4O2/c17-5-8-2-1-3-9(4-8)16-7-15-10-11(16)13-6-14-12(10)18/h1,3,6-9,17H,2,4-5H2,(H,13,14,18)/t8-,9+/m1/s1. The molecule has 0 bridgehead atoms. The Hall–Kier alpha value is -1.95. The van der Waals surface area contributed by atoms with Crippen LogP contribution in [0.25, 0.3) is 11.2 Å². The minimum absolute atomic E-state index is 0.107. The van der Waals surface area contributed by atoms with Crippen LogP contribution in [0.15, 0.2) is 29.6 Å². The molecule has 6 nitrogen and oxygen atoms in total. The molecule has 0 spiro atoms. The average Bonchev–Trinajstić information content (AvgIpc) is 2.84. The van der Waals surface area contributed by atoms with Gasteiger partial charge in [-0.1, -0.05) is 12.2 Å². The molecule has 0 fully saturated rings. The summed E-state index contributed by atoms with van der Waals surface area (Å²) >= 11 is 0. The fourth-order valence-electron chi connectivity index (χ4n) is 2.41. The van der Waals surface area contributed by atoms with E-state index in [1.807, 2.05) is 4.57 Å². The summed E-state index contributed by atoms with van der Waals surface area (Å²) in [5, 5.41) is 9.23. The fourth-order valence-corrected chi connectivity index (χ4v) is 2.41. The van der Waals surface area contributed by atoms with E-state index in [1.165, 1.54) is 6.33 Å². The van der Waals surface area contributed by atoms with Crippen molar-refractivity contribution in [2.24, 2.45) is 5.92 Å². The maximum Gasteiger partial charge on any atom is 0.278 e. The number of imidazole rings is 1. The summed E-state index contributed by atoms with van der Waals surface area (Å²) in [6, 6.07) is 0.107. The molecule has 0 radical (unpaired) electrons. The Bertz CT molecular complexity index is 643. The van der Waals surface area contributed by atoms with E-state index in [0.717, 1.165) is 12.8 Å². The van der Waals surface area contributed by atoms with E-state index in [1.54, 1.807) is 6.33 Å². The first kappa shape index (κ1) is 11.2. The minimum Gasteiger partial charge on any atom is -0.396 e. The highest BCUT2D eigenvalue weighted by Crippen LogP contribution is 2.28. The summed E-state index contributed by atoms with van der Waals surface area (Å²) in [5.41, 5.74) is 0.723. The van der Waals surface area contributed by atoms with Crippen molar-refractivity contribution in [2.45, 2.75) is 18.9 Å². The number of allylic oxidation sites excluding steroid dienone is 2. The molecule has 2 heterocycles. The van der Waals surface area contributed by atoms with Gasteiger partial charge in [-0.25, -0.2) is 9.97 Å². The highest BCUT2D eigenvalue weighted by molar-refractivity contribution is 5.69. The SMILES string of the molecule is O=c1[nH]cnc2c1ncn2[C@H]1C=CC[C@@H](CO)C1. The largest absolute Gasteiger partial charge is 0.396 e. The summed E-state index contributed by atoms with van der Waals surface area (Å²) < 4.78 is 1.89. The number of hydrogen-bond acceptors (Lipinski definition) is 4. The van der Waals surface area contributed by atoms with Gasteiger partial charge in [-0.2, -0.15) is 0 Å². The summed E-state index contributed by atoms with van der Waals surface area (Å²) in [7, 11) is 0. The second-order valence-corrected chi connectivity index (χ2v) is 4.57. The number of fused-ring (bicyclic) bond motifs is 1. The van der Waals surface area contributed by atoms with Crippen molar-refractivity contribution in [3.63, 3.8) is 0 Å². The molecule has 0 unspecified atom stereocenters. The topological polar surface area (TPSA) is 83.8 Å². The van der Waals surface area contributed by atoms with Crippen molar-refractivity contribution in [3.05, 3.63) is 35.2 Å². The molecule has 3 rings (SSSR count). The predicted molar refractivity (Wildman–Crippen MR) is 66.1 cm³/mol. The predicted octanol–water partition coefficient (Wildman–Crippen LogP) is 0.619. The van der Waals surface area contributed by atoms with Crippen LogP contribution in [0, 0.1) is 5.92 Å². The number of aromatic nitrogens is 4. The van der Waals surface area contributed by atoms with E-state index in [2.05, 4.69) is 27.1 Å². The van der Waals surface area contributed by atoms with Gasteiger partial charge in [0.1, 0.15) is 0 Å². The van der Waals surface area contributed by atoms with Gasteiger partial charge >= 0.3 is 0 Å². The maximum absolute atomic E-state index is 11.6. The van der Waals surface area contributed by atoms with Crippen molar-refractivity contribution < 1.29 is 5.11 Å². The van der Waals surface area contributed by atoms with Crippen LogP contribution < -0.4 is 5.56 Å². The van der Waals surface area contributed by atoms with Crippen LogP contribution in [-0.2, 0) is 0 Å². The van der Waals surface area contributed by atoms with Gasteiger partial charge < -0.3 is 14.7 Å². The lowest BCUT2D eigenvalue weighted by molar-refractivity contribution is 0.204. The third kappa shape index (κ3) is 1.74. The van der Waals surface area contributed by atoms with E-state index in [4.69, 9.17) is 0 Å². The molecule has 1 aliphatic carbocycles. The number of nitrogens with one attached hydrogen (secondary N) is 1. The van der Waals surface area contributed by atoms with Crippen LogP contribution in [0.4, 0.5) is 0 Å². The van der Waals surface area contributed by atoms with Crippen molar-refractivity contribution in [2.75, 3.05) is 6.61 Å². The number of aromatic amines is 1. The van der Waals surface area contributed by atoms with Crippen LogP contribution in [0.2, 0.25) is 0 Å². The van der Waals surface area contributed by atoms with Gasteiger partial charge in [0.15, 0.2) is 11.2 Å². The van der Waals surface area contributed by atoms with Crippen LogP contribution in [-0.4, -0.2) is 31.2 Å². The number of hydrogen-bond donors (Lipinski definition) is 2. The van der Waals surface area contributed by atoms with Gasteiger partial charge in [0.05, 0.1) is 18.7 Å². The summed E-state index contributed by atoms with van der Waals surface area (Å²) in [6.45, 7) is 0.182. The highest BCUT2D eigenvalue weighted by atomic mass is 16.3. The Kier molecular flexibility index (Phi) is 2.71. The zero-order chi connectivity index (χ0) is 12.5. The molecule has 0 amide bonds. The summed E-state index contributed by atoms with van der Waals surface area (Å²) in [4.78, 5) is 22.4. The molecule has 2 N–H and O–H groups in total. The molecule has 94 valence electrons. The van der Waals surface area contributed by atoms with E-state index in [-0.39, 0.29) is 24.1 Å². The lowest BCUT2D eigenvalue weighted by Gasteiger charge is -2.24. The number of nitrogens with zero attached hydrogens (tertiary/aromatic N) is 3. The molecule has 0 aromatic carbocycles. The fraction of sp³-hybridized carbons (Fsp3) is 0.417. The molecule has 2 atom stereocenters. The first-order valence-corrected chi connectivity index (χ1v) is 5.97. The smallest absolute Gasteiger partial charge is 0.278 e. The molecule has 18 heavy (non-hydrogen) atoms.